The van der Waals surface area contributed by atoms with Crippen LogP contribution in [-0.4, -0.2) is 35.3 Å². The van der Waals surface area contributed by atoms with E-state index >= 15 is 0 Å². The van der Waals surface area contributed by atoms with Crippen molar-refractivity contribution in [2.75, 3.05) is 24.7 Å². The van der Waals surface area contributed by atoms with E-state index in [4.69, 9.17) is 0 Å². The second kappa shape index (κ2) is 6.23. The fraction of sp³-hybridized carbons (Fsp3) is 0.444. The van der Waals surface area contributed by atoms with Crippen LogP contribution in [-0.2, 0) is 9.53 Å². The highest BCUT2D eigenvalue weighted by Gasteiger charge is 2.03. The van der Waals surface area contributed by atoms with Gasteiger partial charge in [-0.3, -0.25) is 9.78 Å². The van der Waals surface area contributed by atoms with Crippen LogP contribution in [0.2, 0.25) is 0 Å². The normalized spacial score (nSPS) is 9.73. The second-order valence-electron chi connectivity index (χ2n) is 2.64. The Labute approximate surface area is 92.6 Å². The Morgan fingerprint density at radius 1 is 1.60 bits per heavy atom. The largest absolute Gasteiger partial charge is 0.468 e. The number of nitrogens with zero attached hydrogens (tertiary/aromatic N) is 2. The molecule has 0 radical (unpaired) electrons. The minimum atomic E-state index is -0.268. The number of ether oxygens (including phenoxy) is 1. The number of anilines is 1. The summed E-state index contributed by atoms with van der Waals surface area (Å²) in [5.74, 6) is 0.698. The number of hydrogen-bond acceptors (Lipinski definition) is 6. The van der Waals surface area contributed by atoms with Gasteiger partial charge >= 0.3 is 5.97 Å². The van der Waals surface area contributed by atoms with Crippen molar-refractivity contribution >= 4 is 23.5 Å². The SMILES string of the molecule is CCNc1cncc(SCC(=O)OC)n1. The van der Waals surface area contributed by atoms with Crippen LogP contribution in [0.4, 0.5) is 5.82 Å². The minimum Gasteiger partial charge on any atom is -0.468 e. The van der Waals surface area contributed by atoms with Gasteiger partial charge in [-0.25, -0.2) is 4.98 Å². The standard InChI is InChI=1S/C9H13N3O2S/c1-3-11-7-4-10-5-8(12-7)15-6-9(13)14-2/h4-5H,3,6H2,1-2H3,(H,11,12). The number of rotatable bonds is 5. The predicted molar refractivity (Wildman–Crippen MR) is 58.9 cm³/mol. The number of methoxy groups -OCH3 is 1. The lowest BCUT2D eigenvalue weighted by Crippen LogP contribution is -2.04. The maximum absolute atomic E-state index is 10.9. The van der Waals surface area contributed by atoms with E-state index in [0.29, 0.717) is 10.8 Å². The molecule has 0 aliphatic heterocycles. The lowest BCUT2D eigenvalue weighted by molar-refractivity contribution is -0.137. The Morgan fingerprint density at radius 2 is 2.40 bits per heavy atom. The van der Waals surface area contributed by atoms with Gasteiger partial charge in [0.2, 0.25) is 0 Å². The van der Waals surface area contributed by atoms with Crippen molar-refractivity contribution in [3.63, 3.8) is 0 Å². The van der Waals surface area contributed by atoms with Gasteiger partial charge in [0.1, 0.15) is 10.8 Å². The molecule has 0 aliphatic rings. The summed E-state index contributed by atoms with van der Waals surface area (Å²) in [6, 6.07) is 0. The van der Waals surface area contributed by atoms with E-state index in [2.05, 4.69) is 20.0 Å². The fourth-order valence-corrected chi connectivity index (χ4v) is 1.56. The monoisotopic (exact) mass is 227 g/mol. The zero-order valence-electron chi connectivity index (χ0n) is 8.69. The first-order chi connectivity index (χ1) is 7.26. The van der Waals surface area contributed by atoms with Crippen molar-refractivity contribution < 1.29 is 9.53 Å². The minimum absolute atomic E-state index is 0.251. The summed E-state index contributed by atoms with van der Waals surface area (Å²) in [5.41, 5.74) is 0. The fourth-order valence-electron chi connectivity index (χ4n) is 0.876. The molecule has 1 aromatic rings. The summed E-state index contributed by atoms with van der Waals surface area (Å²) < 4.78 is 4.53. The molecule has 0 aliphatic carbocycles. The molecule has 1 aromatic heterocycles. The molecule has 5 nitrogen and oxygen atoms in total. The number of thioether (sulfide) groups is 1. The quantitative estimate of drug-likeness (QED) is 0.602. The van der Waals surface area contributed by atoms with Crippen LogP contribution in [0.15, 0.2) is 17.4 Å². The average molecular weight is 227 g/mol. The zero-order chi connectivity index (χ0) is 11.1. The molecule has 0 saturated carbocycles. The molecule has 1 heterocycles. The molecule has 82 valence electrons. The number of esters is 1. The van der Waals surface area contributed by atoms with E-state index in [9.17, 15) is 4.79 Å². The van der Waals surface area contributed by atoms with Crippen molar-refractivity contribution in [1.29, 1.82) is 0 Å². The first-order valence-electron chi connectivity index (χ1n) is 4.51. The molecule has 6 heteroatoms. The second-order valence-corrected chi connectivity index (χ2v) is 3.63. The molecule has 0 spiro atoms. The summed E-state index contributed by atoms with van der Waals surface area (Å²) in [5, 5.41) is 3.75. The Morgan fingerprint density at radius 3 is 3.07 bits per heavy atom. The predicted octanol–water partition coefficient (Wildman–Crippen LogP) is 1.17. The molecular weight excluding hydrogens is 214 g/mol. The van der Waals surface area contributed by atoms with Crippen molar-refractivity contribution in [1.82, 2.24) is 9.97 Å². The van der Waals surface area contributed by atoms with Crippen LogP contribution in [0.25, 0.3) is 0 Å². The average Bonchev–Trinajstić information content (AvgIpc) is 2.27. The van der Waals surface area contributed by atoms with E-state index < -0.39 is 0 Å². The molecule has 0 bridgehead atoms. The van der Waals surface area contributed by atoms with Crippen LogP contribution in [0.3, 0.4) is 0 Å². The van der Waals surface area contributed by atoms with E-state index in [1.807, 2.05) is 6.92 Å². The first kappa shape index (κ1) is 11.8. The molecule has 15 heavy (non-hydrogen) atoms. The molecule has 1 N–H and O–H groups in total. The van der Waals surface area contributed by atoms with Gasteiger partial charge in [-0.2, -0.15) is 0 Å². The molecule has 0 aromatic carbocycles. The molecule has 0 atom stereocenters. The summed E-state index contributed by atoms with van der Waals surface area (Å²) in [4.78, 5) is 19.1. The van der Waals surface area contributed by atoms with Gasteiger partial charge in [-0.05, 0) is 6.92 Å². The topological polar surface area (TPSA) is 64.1 Å². The molecular formula is C9H13N3O2S. The Balaban J connectivity index is 2.53. The van der Waals surface area contributed by atoms with Crippen molar-refractivity contribution in [3.05, 3.63) is 12.4 Å². The summed E-state index contributed by atoms with van der Waals surface area (Å²) in [6.45, 7) is 2.77. The van der Waals surface area contributed by atoms with Crippen molar-refractivity contribution in [2.45, 2.75) is 11.9 Å². The third-order valence-electron chi connectivity index (χ3n) is 1.54. The van der Waals surface area contributed by atoms with Crippen LogP contribution >= 0.6 is 11.8 Å². The van der Waals surface area contributed by atoms with Crippen LogP contribution in [0, 0.1) is 0 Å². The molecule has 0 amide bonds. The summed E-state index contributed by atoms with van der Waals surface area (Å²) >= 11 is 1.30. The number of hydrogen-bond donors (Lipinski definition) is 1. The molecule has 0 unspecified atom stereocenters. The molecule has 0 saturated heterocycles. The van der Waals surface area contributed by atoms with Gasteiger partial charge in [-0.15, -0.1) is 0 Å². The maximum Gasteiger partial charge on any atom is 0.316 e. The summed E-state index contributed by atoms with van der Waals surface area (Å²) in [7, 11) is 1.36. The third-order valence-corrected chi connectivity index (χ3v) is 2.41. The zero-order valence-corrected chi connectivity index (χ0v) is 9.50. The van der Waals surface area contributed by atoms with Gasteiger partial charge in [0, 0.05) is 6.54 Å². The highest BCUT2D eigenvalue weighted by atomic mass is 32.2. The summed E-state index contributed by atoms with van der Waals surface area (Å²) in [6.07, 6.45) is 3.26. The smallest absolute Gasteiger partial charge is 0.316 e. The van der Waals surface area contributed by atoms with Gasteiger partial charge in [-0.1, -0.05) is 11.8 Å². The lowest BCUT2D eigenvalue weighted by Gasteiger charge is -2.03. The van der Waals surface area contributed by atoms with Crippen LogP contribution in [0.5, 0.6) is 0 Å². The molecule has 1 rings (SSSR count). The van der Waals surface area contributed by atoms with E-state index in [1.54, 1.807) is 12.4 Å². The van der Waals surface area contributed by atoms with Crippen molar-refractivity contribution in [2.24, 2.45) is 0 Å². The number of aromatic nitrogens is 2. The lowest BCUT2D eigenvalue weighted by atomic mass is 10.6. The first-order valence-corrected chi connectivity index (χ1v) is 5.50. The van der Waals surface area contributed by atoms with Crippen molar-refractivity contribution in [3.8, 4) is 0 Å². The van der Waals surface area contributed by atoms with Gasteiger partial charge in [0.15, 0.2) is 0 Å². The molecule has 0 fully saturated rings. The highest BCUT2D eigenvalue weighted by molar-refractivity contribution is 7.99. The Kier molecular flexibility index (Phi) is 4.89. The Hall–Kier alpha value is -1.30. The maximum atomic E-state index is 10.9. The number of carbonyl (C=O) groups excluding carboxylic acids is 1. The van der Waals surface area contributed by atoms with Crippen LogP contribution in [0.1, 0.15) is 6.92 Å². The van der Waals surface area contributed by atoms with Gasteiger partial charge in [0.05, 0.1) is 25.3 Å². The van der Waals surface area contributed by atoms with Gasteiger partial charge in [0.25, 0.3) is 0 Å². The highest BCUT2D eigenvalue weighted by Crippen LogP contribution is 2.15. The number of carbonyl (C=O) groups is 1. The van der Waals surface area contributed by atoms with Crippen LogP contribution < -0.4 is 5.32 Å². The Bertz CT molecular complexity index is 333. The van der Waals surface area contributed by atoms with E-state index in [0.717, 1.165) is 6.54 Å². The third kappa shape index (κ3) is 4.16. The number of nitrogens with one attached hydrogen (secondary N) is 1. The van der Waals surface area contributed by atoms with E-state index in [-0.39, 0.29) is 11.7 Å². The van der Waals surface area contributed by atoms with E-state index in [1.165, 1.54) is 18.9 Å². The van der Waals surface area contributed by atoms with Gasteiger partial charge < -0.3 is 10.1 Å².